The highest BCUT2D eigenvalue weighted by Gasteiger charge is 2.18. The Morgan fingerprint density at radius 2 is 2.04 bits per heavy atom. The molecular formula is C18H17ClN4O. The summed E-state index contributed by atoms with van der Waals surface area (Å²) < 4.78 is 1.20. The molecule has 0 amide bonds. The van der Waals surface area contributed by atoms with E-state index in [1.807, 2.05) is 43.3 Å². The molecule has 0 aliphatic carbocycles. The summed E-state index contributed by atoms with van der Waals surface area (Å²) in [5.41, 5.74) is 3.15. The molecule has 0 saturated heterocycles. The fourth-order valence-electron chi connectivity index (χ4n) is 2.49. The second-order valence-electron chi connectivity index (χ2n) is 5.55. The summed E-state index contributed by atoms with van der Waals surface area (Å²) in [4.78, 5) is 16.5. The molecule has 1 aromatic carbocycles. The van der Waals surface area contributed by atoms with Gasteiger partial charge in [0.15, 0.2) is 0 Å². The Labute approximate surface area is 144 Å². The number of nitrogens with zero attached hydrogens (tertiary/aromatic N) is 3. The highest BCUT2D eigenvalue weighted by molar-refractivity contribution is 6.32. The van der Waals surface area contributed by atoms with Gasteiger partial charge in [-0.2, -0.15) is 5.10 Å². The molecule has 0 bridgehead atoms. The van der Waals surface area contributed by atoms with Gasteiger partial charge in [0.25, 0.3) is 5.56 Å². The van der Waals surface area contributed by atoms with Crippen LogP contribution >= 0.6 is 11.6 Å². The van der Waals surface area contributed by atoms with E-state index in [0.29, 0.717) is 5.69 Å². The van der Waals surface area contributed by atoms with Gasteiger partial charge >= 0.3 is 0 Å². The van der Waals surface area contributed by atoms with Crippen molar-refractivity contribution < 1.29 is 0 Å². The van der Waals surface area contributed by atoms with E-state index in [1.54, 1.807) is 19.4 Å². The van der Waals surface area contributed by atoms with Crippen molar-refractivity contribution in [3.63, 3.8) is 0 Å². The van der Waals surface area contributed by atoms with Gasteiger partial charge in [0.2, 0.25) is 0 Å². The summed E-state index contributed by atoms with van der Waals surface area (Å²) in [5, 5.41) is 7.45. The first-order valence-electron chi connectivity index (χ1n) is 7.52. The molecule has 0 aliphatic heterocycles. The third-order valence-electron chi connectivity index (χ3n) is 3.74. The van der Waals surface area contributed by atoms with Gasteiger partial charge in [-0.25, -0.2) is 4.68 Å². The number of halogens is 1. The number of hydrogen-bond acceptors (Lipinski definition) is 4. The normalized spacial score (nSPS) is 12.0. The molecule has 2 aromatic heterocycles. The van der Waals surface area contributed by atoms with Crippen molar-refractivity contribution >= 4 is 17.3 Å². The first kappa shape index (κ1) is 16.2. The highest BCUT2D eigenvalue weighted by atomic mass is 35.5. The summed E-state index contributed by atoms with van der Waals surface area (Å²) in [6.07, 6.45) is 3.29. The van der Waals surface area contributed by atoms with E-state index in [2.05, 4.69) is 21.5 Å². The number of pyridine rings is 1. The second kappa shape index (κ2) is 6.84. The number of nitrogens with one attached hydrogen (secondary N) is 1. The smallest absolute Gasteiger partial charge is 0.287 e. The molecule has 1 N–H and O–H groups in total. The lowest BCUT2D eigenvalue weighted by Crippen LogP contribution is -2.22. The van der Waals surface area contributed by atoms with Crippen LogP contribution < -0.4 is 10.9 Å². The molecule has 0 spiro atoms. The van der Waals surface area contributed by atoms with Crippen LogP contribution in [0.2, 0.25) is 5.02 Å². The molecule has 0 radical (unpaired) electrons. The van der Waals surface area contributed by atoms with Crippen LogP contribution in [0, 0.1) is 6.92 Å². The highest BCUT2D eigenvalue weighted by Crippen LogP contribution is 2.28. The molecule has 1 atom stereocenters. The fourth-order valence-corrected chi connectivity index (χ4v) is 2.72. The topological polar surface area (TPSA) is 59.8 Å². The lowest BCUT2D eigenvalue weighted by atomic mass is 10.0. The van der Waals surface area contributed by atoms with Gasteiger partial charge < -0.3 is 5.32 Å². The van der Waals surface area contributed by atoms with E-state index in [0.717, 1.165) is 16.8 Å². The van der Waals surface area contributed by atoms with Gasteiger partial charge in [0, 0.05) is 13.2 Å². The average molecular weight is 341 g/mol. The van der Waals surface area contributed by atoms with Gasteiger partial charge in [-0.1, -0.05) is 47.5 Å². The van der Waals surface area contributed by atoms with E-state index in [1.165, 1.54) is 4.68 Å². The molecule has 3 rings (SSSR count). The Morgan fingerprint density at radius 1 is 1.21 bits per heavy atom. The maximum atomic E-state index is 12.0. The Kier molecular flexibility index (Phi) is 4.62. The zero-order valence-electron chi connectivity index (χ0n) is 13.4. The van der Waals surface area contributed by atoms with Gasteiger partial charge in [-0.15, -0.1) is 0 Å². The van der Waals surface area contributed by atoms with Crippen molar-refractivity contribution in [2.75, 3.05) is 5.32 Å². The van der Waals surface area contributed by atoms with Crippen molar-refractivity contribution in [1.82, 2.24) is 14.8 Å². The van der Waals surface area contributed by atoms with E-state index in [-0.39, 0.29) is 16.6 Å². The summed E-state index contributed by atoms with van der Waals surface area (Å²) in [5.74, 6) is 0. The number of aromatic nitrogens is 3. The largest absolute Gasteiger partial charge is 0.370 e. The summed E-state index contributed by atoms with van der Waals surface area (Å²) in [6.45, 7) is 2.03. The maximum absolute atomic E-state index is 12.0. The van der Waals surface area contributed by atoms with Crippen LogP contribution in [0.5, 0.6) is 0 Å². The van der Waals surface area contributed by atoms with E-state index in [4.69, 9.17) is 11.6 Å². The van der Waals surface area contributed by atoms with Crippen molar-refractivity contribution in [1.29, 1.82) is 0 Å². The third-order valence-corrected chi connectivity index (χ3v) is 4.10. The number of aryl methyl sites for hydroxylation is 2. The van der Waals surface area contributed by atoms with Crippen molar-refractivity contribution in [2.24, 2.45) is 7.05 Å². The van der Waals surface area contributed by atoms with Gasteiger partial charge in [-0.05, 0) is 24.6 Å². The summed E-state index contributed by atoms with van der Waals surface area (Å²) in [7, 11) is 1.56. The Bertz CT molecular complexity index is 908. The molecule has 3 aromatic rings. The molecule has 1 unspecified atom stereocenters. The van der Waals surface area contributed by atoms with Crippen LogP contribution in [0.15, 0.2) is 59.7 Å². The van der Waals surface area contributed by atoms with Gasteiger partial charge in [-0.3, -0.25) is 9.78 Å². The second-order valence-corrected chi connectivity index (χ2v) is 5.93. The summed E-state index contributed by atoms with van der Waals surface area (Å²) in [6, 6.07) is 13.6. The number of anilines is 1. The Morgan fingerprint density at radius 3 is 2.75 bits per heavy atom. The average Bonchev–Trinajstić information content (AvgIpc) is 2.60. The SMILES string of the molecule is Cc1cccc(C(Nc2cnn(C)c(=O)c2Cl)c2ccccn2)c1. The van der Waals surface area contributed by atoms with Crippen LogP contribution in [0.25, 0.3) is 0 Å². The molecule has 0 saturated carbocycles. The van der Waals surface area contributed by atoms with Crippen LogP contribution in [-0.2, 0) is 7.05 Å². The zero-order valence-corrected chi connectivity index (χ0v) is 14.2. The van der Waals surface area contributed by atoms with Crippen LogP contribution in [-0.4, -0.2) is 14.8 Å². The number of benzene rings is 1. The predicted octanol–water partition coefficient (Wildman–Crippen LogP) is 3.34. The minimum Gasteiger partial charge on any atom is -0.370 e. The van der Waals surface area contributed by atoms with Gasteiger partial charge in [0.05, 0.1) is 23.6 Å². The first-order valence-corrected chi connectivity index (χ1v) is 7.90. The Balaban J connectivity index is 2.06. The third kappa shape index (κ3) is 3.31. The Hall–Kier alpha value is -2.66. The predicted molar refractivity (Wildman–Crippen MR) is 95.4 cm³/mol. The molecule has 24 heavy (non-hydrogen) atoms. The summed E-state index contributed by atoms with van der Waals surface area (Å²) >= 11 is 6.19. The lowest BCUT2D eigenvalue weighted by Gasteiger charge is -2.21. The van der Waals surface area contributed by atoms with Crippen molar-refractivity contribution in [3.05, 3.63) is 87.1 Å². The zero-order chi connectivity index (χ0) is 17.1. The van der Waals surface area contributed by atoms with Crippen molar-refractivity contribution in [2.45, 2.75) is 13.0 Å². The maximum Gasteiger partial charge on any atom is 0.287 e. The molecule has 2 heterocycles. The fraction of sp³-hybridized carbons (Fsp3) is 0.167. The first-order chi connectivity index (χ1) is 11.6. The van der Waals surface area contributed by atoms with Crippen molar-refractivity contribution in [3.8, 4) is 0 Å². The standard InChI is InChI=1S/C18H17ClN4O/c1-12-6-5-7-13(10-12)17(14-8-3-4-9-20-14)22-15-11-21-23(2)18(24)16(15)19/h3-11,17,22H,1-2H3. The van der Waals surface area contributed by atoms with E-state index >= 15 is 0 Å². The minimum absolute atomic E-state index is 0.112. The molecule has 5 nitrogen and oxygen atoms in total. The lowest BCUT2D eigenvalue weighted by molar-refractivity contribution is 0.706. The number of rotatable bonds is 4. The molecule has 0 fully saturated rings. The number of hydrogen-bond donors (Lipinski definition) is 1. The monoisotopic (exact) mass is 340 g/mol. The molecule has 0 aliphatic rings. The molecule has 122 valence electrons. The quantitative estimate of drug-likeness (QED) is 0.791. The minimum atomic E-state index is -0.342. The molecular weight excluding hydrogens is 324 g/mol. The molecule has 6 heteroatoms. The van der Waals surface area contributed by atoms with E-state index < -0.39 is 0 Å². The van der Waals surface area contributed by atoms with Crippen LogP contribution in [0.4, 0.5) is 5.69 Å². The van der Waals surface area contributed by atoms with Crippen LogP contribution in [0.3, 0.4) is 0 Å². The van der Waals surface area contributed by atoms with Crippen LogP contribution in [0.1, 0.15) is 22.9 Å². The van der Waals surface area contributed by atoms with E-state index in [9.17, 15) is 4.79 Å². The van der Waals surface area contributed by atoms with Gasteiger partial charge in [0.1, 0.15) is 5.02 Å².